The van der Waals surface area contributed by atoms with Gasteiger partial charge in [-0.1, -0.05) is 109 Å². The Morgan fingerprint density at radius 2 is 1.04 bits per heavy atom. The van der Waals surface area contributed by atoms with Gasteiger partial charge in [0, 0.05) is 56.8 Å². The molecule has 0 bridgehead atoms. The van der Waals surface area contributed by atoms with Gasteiger partial charge in [0.15, 0.2) is 0 Å². The zero-order valence-corrected chi connectivity index (χ0v) is 25.8. The van der Waals surface area contributed by atoms with Crippen LogP contribution in [0, 0.1) is 0 Å². The van der Waals surface area contributed by atoms with E-state index in [1.807, 2.05) is 22.7 Å². The molecular formula is C42H25NS2. The Morgan fingerprint density at radius 1 is 0.356 bits per heavy atom. The van der Waals surface area contributed by atoms with Gasteiger partial charge < -0.3 is 4.57 Å². The van der Waals surface area contributed by atoms with E-state index in [0.717, 1.165) is 0 Å². The van der Waals surface area contributed by atoms with Gasteiger partial charge in [0.1, 0.15) is 0 Å². The number of fused-ring (bicyclic) bond motifs is 9. The molecule has 45 heavy (non-hydrogen) atoms. The van der Waals surface area contributed by atoms with Crippen LogP contribution in [-0.2, 0) is 0 Å². The van der Waals surface area contributed by atoms with E-state index in [2.05, 4.69) is 156 Å². The Kier molecular flexibility index (Phi) is 5.39. The molecule has 0 fully saturated rings. The molecule has 10 rings (SSSR count). The number of benzene rings is 7. The minimum atomic E-state index is 1.20. The molecule has 3 heteroatoms. The minimum Gasteiger partial charge on any atom is -0.309 e. The fraction of sp³-hybridized carbons (Fsp3) is 0. The van der Waals surface area contributed by atoms with Crippen LogP contribution in [0.15, 0.2) is 152 Å². The lowest BCUT2D eigenvalue weighted by atomic mass is 10.0. The Labute approximate surface area is 267 Å². The summed E-state index contributed by atoms with van der Waals surface area (Å²) in [7, 11) is 0. The maximum Gasteiger partial charge on any atom is 0.0541 e. The molecule has 3 aromatic heterocycles. The number of aromatic nitrogens is 1. The minimum absolute atomic E-state index is 1.20. The summed E-state index contributed by atoms with van der Waals surface area (Å²) in [5.74, 6) is 0. The largest absolute Gasteiger partial charge is 0.309 e. The number of nitrogens with zero attached hydrogens (tertiary/aromatic N) is 1. The van der Waals surface area contributed by atoms with Crippen LogP contribution in [0.4, 0.5) is 0 Å². The monoisotopic (exact) mass is 607 g/mol. The fourth-order valence-electron chi connectivity index (χ4n) is 7.11. The molecule has 0 radical (unpaired) electrons. The molecular weight excluding hydrogens is 583 g/mol. The zero-order chi connectivity index (χ0) is 29.5. The lowest BCUT2D eigenvalue weighted by molar-refractivity contribution is 1.19. The summed E-state index contributed by atoms with van der Waals surface area (Å²) >= 11 is 3.79. The highest BCUT2D eigenvalue weighted by Gasteiger charge is 2.16. The van der Waals surface area contributed by atoms with E-state index in [0.29, 0.717) is 0 Å². The summed E-state index contributed by atoms with van der Waals surface area (Å²) in [5.41, 5.74) is 8.74. The molecule has 1 nitrogen and oxygen atoms in total. The van der Waals surface area contributed by atoms with Crippen molar-refractivity contribution in [3.8, 4) is 27.9 Å². The second-order valence-corrected chi connectivity index (χ2v) is 13.9. The average Bonchev–Trinajstić information content (AvgIpc) is 3.77. The molecule has 210 valence electrons. The Hall–Kier alpha value is -5.22. The van der Waals surface area contributed by atoms with Crippen LogP contribution in [0.5, 0.6) is 0 Å². The first kappa shape index (κ1) is 25.1. The standard InChI is InChI=1S/C42H25NS2/c1-2-9-26(10-3-1)27-18-22-38-36(23-27)31-11-4-6-15-37(31)43(38)29-19-21-34-33-20-17-28(24-40(33)44-41(34)25-29)30-13-8-14-35-32-12-5-7-16-39(32)45-42(30)35/h1-25H. The number of para-hydroxylation sites is 1. The van der Waals surface area contributed by atoms with Gasteiger partial charge in [0.05, 0.1) is 11.0 Å². The molecule has 0 atom stereocenters. The lowest BCUT2D eigenvalue weighted by Gasteiger charge is -2.09. The van der Waals surface area contributed by atoms with E-state index >= 15 is 0 Å². The van der Waals surface area contributed by atoms with E-state index in [9.17, 15) is 0 Å². The number of rotatable bonds is 3. The maximum atomic E-state index is 2.43. The van der Waals surface area contributed by atoms with Gasteiger partial charge in [-0.15, -0.1) is 22.7 Å². The first-order valence-corrected chi connectivity index (χ1v) is 16.9. The molecule has 0 saturated carbocycles. The number of hydrogen-bond acceptors (Lipinski definition) is 2. The van der Waals surface area contributed by atoms with Crippen LogP contribution in [0.25, 0.3) is 90.1 Å². The molecule has 0 N–H and O–H groups in total. The van der Waals surface area contributed by atoms with Gasteiger partial charge in [-0.05, 0) is 64.7 Å². The summed E-state index contributed by atoms with van der Waals surface area (Å²) in [4.78, 5) is 0. The zero-order valence-electron chi connectivity index (χ0n) is 24.2. The third kappa shape index (κ3) is 3.78. The van der Waals surface area contributed by atoms with Crippen molar-refractivity contribution in [3.63, 3.8) is 0 Å². The van der Waals surface area contributed by atoms with Crippen molar-refractivity contribution in [2.45, 2.75) is 0 Å². The van der Waals surface area contributed by atoms with Crippen LogP contribution < -0.4 is 0 Å². The van der Waals surface area contributed by atoms with Crippen molar-refractivity contribution in [1.29, 1.82) is 0 Å². The maximum absolute atomic E-state index is 2.43. The highest BCUT2D eigenvalue weighted by molar-refractivity contribution is 7.26. The quantitative estimate of drug-likeness (QED) is 0.188. The molecule has 0 aliphatic rings. The first-order valence-electron chi connectivity index (χ1n) is 15.3. The molecule has 3 heterocycles. The molecule has 0 spiro atoms. The second kappa shape index (κ2) is 9.64. The third-order valence-electron chi connectivity index (χ3n) is 9.21. The van der Waals surface area contributed by atoms with Crippen molar-refractivity contribution < 1.29 is 0 Å². The normalized spacial score (nSPS) is 12.0. The first-order chi connectivity index (χ1) is 22.3. The van der Waals surface area contributed by atoms with E-state index in [1.165, 1.54) is 90.1 Å². The summed E-state index contributed by atoms with van der Waals surface area (Å²) in [5, 5.41) is 7.89. The van der Waals surface area contributed by atoms with Crippen molar-refractivity contribution in [1.82, 2.24) is 4.57 Å². The molecule has 0 aliphatic carbocycles. The van der Waals surface area contributed by atoms with Gasteiger partial charge in [0.25, 0.3) is 0 Å². The summed E-state index contributed by atoms with van der Waals surface area (Å²) in [6.07, 6.45) is 0. The Morgan fingerprint density at radius 3 is 1.96 bits per heavy atom. The molecule has 0 unspecified atom stereocenters. The molecule has 10 aromatic rings. The summed E-state index contributed by atoms with van der Waals surface area (Å²) in [6.45, 7) is 0. The van der Waals surface area contributed by atoms with Crippen molar-refractivity contribution in [2.24, 2.45) is 0 Å². The average molecular weight is 608 g/mol. The third-order valence-corrected chi connectivity index (χ3v) is 11.5. The molecule has 0 amide bonds. The predicted octanol–water partition coefficient (Wildman–Crippen LogP) is 12.9. The van der Waals surface area contributed by atoms with Crippen LogP contribution >= 0.6 is 22.7 Å². The van der Waals surface area contributed by atoms with Crippen molar-refractivity contribution in [2.75, 3.05) is 0 Å². The van der Waals surface area contributed by atoms with Gasteiger partial charge >= 0.3 is 0 Å². The number of thiophene rings is 2. The van der Waals surface area contributed by atoms with Crippen LogP contribution in [0.2, 0.25) is 0 Å². The van der Waals surface area contributed by atoms with Crippen LogP contribution in [-0.4, -0.2) is 4.57 Å². The second-order valence-electron chi connectivity index (χ2n) is 11.7. The van der Waals surface area contributed by atoms with Crippen molar-refractivity contribution >= 4 is 84.8 Å². The fourth-order valence-corrected chi connectivity index (χ4v) is 9.52. The summed E-state index contributed by atoms with van der Waals surface area (Å²) < 4.78 is 7.77. The van der Waals surface area contributed by atoms with Gasteiger partial charge in [-0.2, -0.15) is 0 Å². The van der Waals surface area contributed by atoms with Gasteiger partial charge in [-0.3, -0.25) is 0 Å². The Balaban J connectivity index is 1.13. The van der Waals surface area contributed by atoms with Gasteiger partial charge in [0.2, 0.25) is 0 Å². The molecule has 7 aromatic carbocycles. The van der Waals surface area contributed by atoms with Crippen LogP contribution in [0.1, 0.15) is 0 Å². The topological polar surface area (TPSA) is 4.93 Å². The highest BCUT2D eigenvalue weighted by atomic mass is 32.1. The smallest absolute Gasteiger partial charge is 0.0541 e. The van der Waals surface area contributed by atoms with E-state index in [-0.39, 0.29) is 0 Å². The lowest BCUT2D eigenvalue weighted by Crippen LogP contribution is -1.93. The van der Waals surface area contributed by atoms with Crippen LogP contribution in [0.3, 0.4) is 0 Å². The van der Waals surface area contributed by atoms with E-state index in [1.54, 1.807) is 0 Å². The van der Waals surface area contributed by atoms with E-state index < -0.39 is 0 Å². The highest BCUT2D eigenvalue weighted by Crippen LogP contribution is 2.43. The SMILES string of the molecule is c1ccc(-c2ccc3c(c2)c2ccccc2n3-c2ccc3c(c2)sc2cc(-c4cccc5c4sc4ccccc45)ccc23)cc1. The van der Waals surface area contributed by atoms with E-state index in [4.69, 9.17) is 0 Å². The van der Waals surface area contributed by atoms with Gasteiger partial charge in [-0.25, -0.2) is 0 Å². The Bertz CT molecular complexity index is 2760. The molecule has 0 aliphatic heterocycles. The predicted molar refractivity (Wildman–Crippen MR) is 197 cm³/mol. The van der Waals surface area contributed by atoms with Crippen molar-refractivity contribution in [3.05, 3.63) is 152 Å². The molecule has 0 saturated heterocycles. The number of hydrogen-bond donors (Lipinski definition) is 0. The summed E-state index contributed by atoms with van der Waals surface area (Å²) in [6, 6.07) is 55.8.